The molecule has 1 unspecified atom stereocenters. The number of nitrogens with zero attached hydrogens (tertiary/aromatic N) is 1. The van der Waals surface area contributed by atoms with E-state index in [1.54, 1.807) is 0 Å². The molecule has 0 aromatic heterocycles. The van der Waals surface area contributed by atoms with Crippen molar-refractivity contribution < 1.29 is 9.59 Å². The van der Waals surface area contributed by atoms with Gasteiger partial charge in [0.15, 0.2) is 0 Å². The van der Waals surface area contributed by atoms with Crippen LogP contribution in [0.3, 0.4) is 0 Å². The van der Waals surface area contributed by atoms with E-state index in [1.807, 2.05) is 48.5 Å². The Morgan fingerprint density at radius 1 is 0.923 bits per heavy atom. The van der Waals surface area contributed by atoms with Gasteiger partial charge in [-0.1, -0.05) is 49.4 Å². The van der Waals surface area contributed by atoms with Crippen LogP contribution in [0.25, 0.3) is 5.57 Å². The minimum absolute atomic E-state index is 0.0638. The van der Waals surface area contributed by atoms with E-state index in [4.69, 9.17) is 0 Å². The van der Waals surface area contributed by atoms with Crippen LogP contribution < -0.4 is 10.2 Å². The molecule has 0 saturated carbocycles. The smallest absolute Gasteiger partial charge is 0.240 e. The van der Waals surface area contributed by atoms with E-state index in [-0.39, 0.29) is 35.6 Å². The van der Waals surface area contributed by atoms with Gasteiger partial charge in [-0.3, -0.25) is 9.59 Å². The molecular weight excluding hydrogens is 324 g/mol. The first-order valence-electron chi connectivity index (χ1n) is 9.21. The van der Waals surface area contributed by atoms with Gasteiger partial charge in [-0.05, 0) is 36.1 Å². The van der Waals surface area contributed by atoms with Crippen LogP contribution in [0.2, 0.25) is 0 Å². The second-order valence-corrected chi connectivity index (χ2v) is 7.26. The molecule has 2 aromatic rings. The van der Waals surface area contributed by atoms with E-state index in [0.717, 1.165) is 17.7 Å². The Morgan fingerprint density at radius 2 is 1.62 bits per heavy atom. The van der Waals surface area contributed by atoms with Crippen LogP contribution in [0, 0.1) is 17.8 Å². The Balaban J connectivity index is 1.62. The summed E-state index contributed by atoms with van der Waals surface area (Å²) in [6.45, 7) is 2.09. The Bertz CT molecular complexity index is 934. The largest absolute Gasteiger partial charge is 0.377 e. The van der Waals surface area contributed by atoms with Gasteiger partial charge in [-0.25, -0.2) is 4.90 Å². The third-order valence-corrected chi connectivity index (χ3v) is 5.98. The average molecular weight is 344 g/mol. The van der Waals surface area contributed by atoms with Crippen LogP contribution in [-0.4, -0.2) is 17.9 Å². The van der Waals surface area contributed by atoms with Crippen molar-refractivity contribution in [1.29, 1.82) is 0 Å². The number of fused-ring (bicyclic) bond motifs is 5. The summed E-state index contributed by atoms with van der Waals surface area (Å²) in [5.41, 5.74) is 4.05. The summed E-state index contributed by atoms with van der Waals surface area (Å²) >= 11 is 0. The van der Waals surface area contributed by atoms with Crippen LogP contribution >= 0.6 is 0 Å². The van der Waals surface area contributed by atoms with Crippen molar-refractivity contribution in [2.45, 2.75) is 19.4 Å². The van der Waals surface area contributed by atoms with Crippen molar-refractivity contribution in [3.8, 4) is 0 Å². The Kier molecular flexibility index (Phi) is 3.29. The van der Waals surface area contributed by atoms with E-state index in [9.17, 15) is 9.59 Å². The number of amides is 2. The molecule has 130 valence electrons. The lowest BCUT2D eigenvalue weighted by Gasteiger charge is -2.32. The predicted octanol–water partition coefficient (Wildman–Crippen LogP) is 3.71. The summed E-state index contributed by atoms with van der Waals surface area (Å²) in [5.74, 6) is -0.695. The number of hydrogen-bond donors (Lipinski definition) is 1. The number of hydrogen-bond acceptors (Lipinski definition) is 3. The van der Waals surface area contributed by atoms with E-state index >= 15 is 0 Å². The molecule has 1 N–H and O–H groups in total. The summed E-state index contributed by atoms with van der Waals surface area (Å²) in [6.07, 6.45) is 3.07. The number of anilines is 2. The summed E-state index contributed by atoms with van der Waals surface area (Å²) in [5, 5.41) is 3.51. The number of para-hydroxylation sites is 2. The number of benzene rings is 2. The molecule has 3 aliphatic rings. The second-order valence-electron chi connectivity index (χ2n) is 7.26. The van der Waals surface area contributed by atoms with E-state index in [2.05, 4.69) is 24.4 Å². The van der Waals surface area contributed by atoms with Gasteiger partial charge in [0.1, 0.15) is 0 Å². The summed E-state index contributed by atoms with van der Waals surface area (Å²) in [7, 11) is 0. The molecule has 26 heavy (non-hydrogen) atoms. The zero-order chi connectivity index (χ0) is 17.8. The number of imide groups is 1. The standard InChI is InChI=1S/C22H20N2O2/c1-2-13-12-16-15-10-6-7-11-17(15)23-20(16)19-18(13)21(25)24(22(19)26)14-8-4-3-5-9-14/h3-13,18-20,23H,2H2,1H3/t13-,18-,19-,20?/m1/s1. The van der Waals surface area contributed by atoms with Crippen LogP contribution in [0.1, 0.15) is 18.9 Å². The molecule has 0 spiro atoms. The van der Waals surface area contributed by atoms with Crippen molar-refractivity contribution in [2.75, 3.05) is 10.2 Å². The number of allylic oxidation sites excluding steroid dienone is 1. The fraction of sp³-hybridized carbons (Fsp3) is 0.273. The highest BCUT2D eigenvalue weighted by molar-refractivity contribution is 6.23. The van der Waals surface area contributed by atoms with E-state index in [0.29, 0.717) is 5.69 Å². The molecule has 5 rings (SSSR count). The minimum Gasteiger partial charge on any atom is -0.377 e. The molecule has 2 heterocycles. The third-order valence-electron chi connectivity index (χ3n) is 5.98. The highest BCUT2D eigenvalue weighted by Gasteiger charge is 2.57. The maximum Gasteiger partial charge on any atom is 0.240 e. The van der Waals surface area contributed by atoms with Crippen molar-refractivity contribution in [1.82, 2.24) is 0 Å². The molecule has 4 nitrogen and oxygen atoms in total. The lowest BCUT2D eigenvalue weighted by Crippen LogP contribution is -2.40. The van der Waals surface area contributed by atoms with Crippen LogP contribution in [0.15, 0.2) is 60.7 Å². The third kappa shape index (κ3) is 1.96. The van der Waals surface area contributed by atoms with E-state index in [1.165, 1.54) is 10.5 Å². The SMILES string of the molecule is CC[C@@H]1C=C2c3ccccc3NC2[C@@H]2C(=O)N(c3ccccc3)C(=O)[C@H]12. The summed E-state index contributed by atoms with van der Waals surface area (Å²) < 4.78 is 0. The van der Waals surface area contributed by atoms with Gasteiger partial charge < -0.3 is 5.32 Å². The first kappa shape index (κ1) is 15.4. The molecule has 2 aromatic carbocycles. The molecule has 2 amide bonds. The molecule has 1 saturated heterocycles. The summed E-state index contributed by atoms with van der Waals surface area (Å²) in [6, 6.07) is 17.3. The second kappa shape index (κ2) is 5.56. The van der Waals surface area contributed by atoms with Gasteiger partial charge in [0.05, 0.1) is 23.6 Å². The highest BCUT2D eigenvalue weighted by Crippen LogP contribution is 2.50. The fourth-order valence-electron chi connectivity index (χ4n) is 4.80. The van der Waals surface area contributed by atoms with Crippen molar-refractivity contribution in [2.24, 2.45) is 17.8 Å². The van der Waals surface area contributed by atoms with Crippen LogP contribution in [0.4, 0.5) is 11.4 Å². The number of nitrogens with one attached hydrogen (secondary N) is 1. The van der Waals surface area contributed by atoms with Gasteiger partial charge in [0.25, 0.3) is 0 Å². The zero-order valence-corrected chi connectivity index (χ0v) is 14.6. The van der Waals surface area contributed by atoms with Crippen LogP contribution in [-0.2, 0) is 9.59 Å². The number of carbonyl (C=O) groups excluding carboxylic acids is 2. The maximum absolute atomic E-state index is 13.3. The first-order valence-corrected chi connectivity index (χ1v) is 9.21. The monoisotopic (exact) mass is 344 g/mol. The number of carbonyl (C=O) groups is 2. The van der Waals surface area contributed by atoms with Crippen molar-refractivity contribution >= 4 is 28.8 Å². The molecule has 0 bridgehead atoms. The molecule has 1 aliphatic carbocycles. The average Bonchev–Trinajstić information content (AvgIpc) is 3.17. The van der Waals surface area contributed by atoms with Crippen molar-refractivity contribution in [3.05, 3.63) is 66.2 Å². The topological polar surface area (TPSA) is 49.4 Å². The molecule has 2 aliphatic heterocycles. The maximum atomic E-state index is 13.3. The van der Waals surface area contributed by atoms with Crippen LogP contribution in [0.5, 0.6) is 0 Å². The fourth-order valence-corrected chi connectivity index (χ4v) is 4.80. The van der Waals surface area contributed by atoms with Gasteiger partial charge in [-0.2, -0.15) is 0 Å². The molecule has 1 fully saturated rings. The molecule has 0 radical (unpaired) electrons. The first-order chi connectivity index (χ1) is 12.7. The Hall–Kier alpha value is -2.88. The quantitative estimate of drug-likeness (QED) is 0.845. The lowest BCUT2D eigenvalue weighted by atomic mass is 9.70. The Labute approximate surface area is 152 Å². The van der Waals surface area contributed by atoms with Gasteiger partial charge in [0.2, 0.25) is 11.8 Å². The van der Waals surface area contributed by atoms with E-state index < -0.39 is 0 Å². The Morgan fingerprint density at radius 3 is 2.38 bits per heavy atom. The van der Waals surface area contributed by atoms with Gasteiger partial charge in [0, 0.05) is 11.3 Å². The minimum atomic E-state index is -0.347. The van der Waals surface area contributed by atoms with Crippen molar-refractivity contribution in [3.63, 3.8) is 0 Å². The van der Waals surface area contributed by atoms with Gasteiger partial charge in [-0.15, -0.1) is 0 Å². The highest BCUT2D eigenvalue weighted by atomic mass is 16.2. The summed E-state index contributed by atoms with van der Waals surface area (Å²) in [4.78, 5) is 28.0. The normalized spacial score (nSPS) is 29.0. The molecular formula is C22H20N2O2. The lowest BCUT2D eigenvalue weighted by molar-refractivity contribution is -0.122. The zero-order valence-electron chi connectivity index (χ0n) is 14.6. The number of rotatable bonds is 2. The van der Waals surface area contributed by atoms with Gasteiger partial charge >= 0.3 is 0 Å². The predicted molar refractivity (Wildman–Crippen MR) is 102 cm³/mol. The molecule has 4 heteroatoms. The molecule has 4 atom stereocenters.